The minimum absolute atomic E-state index is 0.0416. The number of anilines is 1. The van der Waals surface area contributed by atoms with Gasteiger partial charge in [0.2, 0.25) is 0 Å². The van der Waals surface area contributed by atoms with Crippen LogP contribution in [0.25, 0.3) is 0 Å². The van der Waals surface area contributed by atoms with E-state index in [4.69, 9.17) is 4.74 Å². The Morgan fingerprint density at radius 2 is 1.62 bits per heavy atom. The Morgan fingerprint density at radius 3 is 2.26 bits per heavy atom. The largest absolute Gasteiger partial charge is 0.491 e. The van der Waals surface area contributed by atoms with Crippen LogP contribution in [0.5, 0.6) is 5.75 Å². The molecular weight excluding hydrogens is 448 g/mol. The van der Waals surface area contributed by atoms with E-state index < -0.39 is 10.0 Å². The Morgan fingerprint density at radius 1 is 0.941 bits per heavy atom. The van der Waals surface area contributed by atoms with Crippen LogP contribution in [0.3, 0.4) is 0 Å². The SMILES string of the molecule is Cc1ccc(S(=O)(=O)Nc2ccc(C(=O)NCCOc3ccccc3C(C)(C)C)cc2C)cc1. The number of hydrogen-bond acceptors (Lipinski definition) is 4. The van der Waals surface area contributed by atoms with E-state index in [1.165, 1.54) is 0 Å². The summed E-state index contributed by atoms with van der Waals surface area (Å²) in [5, 5.41) is 2.85. The quantitative estimate of drug-likeness (QED) is 0.434. The predicted molar refractivity (Wildman–Crippen MR) is 136 cm³/mol. The number of benzene rings is 3. The highest BCUT2D eigenvalue weighted by Crippen LogP contribution is 2.30. The number of aryl methyl sites for hydroxylation is 2. The first-order valence-corrected chi connectivity index (χ1v) is 12.7. The molecule has 0 saturated carbocycles. The lowest BCUT2D eigenvalue weighted by Gasteiger charge is -2.22. The molecular formula is C27H32N2O4S. The van der Waals surface area contributed by atoms with Crippen LogP contribution in [0.15, 0.2) is 71.6 Å². The Balaban J connectivity index is 1.59. The molecule has 3 aromatic carbocycles. The van der Waals surface area contributed by atoms with Crippen LogP contribution in [0.4, 0.5) is 5.69 Å². The van der Waals surface area contributed by atoms with Crippen molar-refractivity contribution >= 4 is 21.6 Å². The number of ether oxygens (including phenoxy) is 1. The third-order valence-electron chi connectivity index (χ3n) is 5.40. The summed E-state index contributed by atoms with van der Waals surface area (Å²) in [4.78, 5) is 12.8. The van der Waals surface area contributed by atoms with Crippen molar-refractivity contribution < 1.29 is 17.9 Å². The second kappa shape index (κ2) is 10.3. The summed E-state index contributed by atoms with van der Waals surface area (Å²) >= 11 is 0. The van der Waals surface area contributed by atoms with Gasteiger partial charge in [0.15, 0.2) is 0 Å². The lowest BCUT2D eigenvalue weighted by Crippen LogP contribution is -2.28. The molecule has 180 valence electrons. The normalized spacial score (nSPS) is 11.7. The van der Waals surface area contributed by atoms with Gasteiger partial charge in [0.1, 0.15) is 12.4 Å². The zero-order valence-electron chi connectivity index (χ0n) is 20.3. The predicted octanol–water partition coefficient (Wildman–Crippen LogP) is 5.21. The minimum Gasteiger partial charge on any atom is -0.491 e. The molecule has 0 saturated heterocycles. The molecule has 0 spiro atoms. The van der Waals surface area contributed by atoms with E-state index in [0.717, 1.165) is 16.9 Å². The molecule has 2 N–H and O–H groups in total. The Labute approximate surface area is 202 Å². The molecule has 0 atom stereocenters. The van der Waals surface area contributed by atoms with Gasteiger partial charge in [-0.1, -0.05) is 56.7 Å². The number of amides is 1. The molecule has 0 aliphatic heterocycles. The zero-order valence-corrected chi connectivity index (χ0v) is 21.1. The number of carbonyl (C=O) groups excluding carboxylic acids is 1. The zero-order chi connectivity index (χ0) is 24.9. The van der Waals surface area contributed by atoms with Crippen LogP contribution in [-0.2, 0) is 15.4 Å². The van der Waals surface area contributed by atoms with Gasteiger partial charge in [-0.2, -0.15) is 0 Å². The van der Waals surface area contributed by atoms with Crippen molar-refractivity contribution in [1.29, 1.82) is 0 Å². The maximum absolute atomic E-state index is 12.7. The summed E-state index contributed by atoms with van der Waals surface area (Å²) in [7, 11) is -3.71. The van der Waals surface area contributed by atoms with Gasteiger partial charge in [0.25, 0.3) is 15.9 Å². The number of para-hydroxylation sites is 1. The molecule has 0 aliphatic rings. The van der Waals surface area contributed by atoms with E-state index in [9.17, 15) is 13.2 Å². The molecule has 0 aromatic heterocycles. The van der Waals surface area contributed by atoms with E-state index in [1.807, 2.05) is 31.2 Å². The first kappa shape index (κ1) is 25.3. The van der Waals surface area contributed by atoms with Crippen molar-refractivity contribution in [3.05, 3.63) is 89.0 Å². The summed E-state index contributed by atoms with van der Waals surface area (Å²) in [6.07, 6.45) is 0. The van der Waals surface area contributed by atoms with Gasteiger partial charge in [-0.15, -0.1) is 0 Å². The van der Waals surface area contributed by atoms with E-state index in [2.05, 4.69) is 30.8 Å². The van der Waals surface area contributed by atoms with Crippen LogP contribution >= 0.6 is 0 Å². The van der Waals surface area contributed by atoms with Gasteiger partial charge < -0.3 is 10.1 Å². The smallest absolute Gasteiger partial charge is 0.261 e. The van der Waals surface area contributed by atoms with E-state index in [1.54, 1.807) is 49.4 Å². The van der Waals surface area contributed by atoms with Crippen molar-refractivity contribution in [3.8, 4) is 5.75 Å². The van der Waals surface area contributed by atoms with Crippen LogP contribution in [0.2, 0.25) is 0 Å². The van der Waals surface area contributed by atoms with Crippen molar-refractivity contribution in [2.75, 3.05) is 17.9 Å². The lowest BCUT2D eigenvalue weighted by atomic mass is 9.86. The van der Waals surface area contributed by atoms with Gasteiger partial charge in [-0.25, -0.2) is 8.42 Å². The maximum Gasteiger partial charge on any atom is 0.261 e. The summed E-state index contributed by atoms with van der Waals surface area (Å²) in [6, 6.07) is 19.4. The summed E-state index contributed by atoms with van der Waals surface area (Å²) in [5.74, 6) is 0.564. The third-order valence-corrected chi connectivity index (χ3v) is 6.79. The Kier molecular flexibility index (Phi) is 7.67. The molecule has 0 unspecified atom stereocenters. The molecule has 3 aromatic rings. The highest BCUT2D eigenvalue weighted by molar-refractivity contribution is 7.92. The minimum atomic E-state index is -3.71. The molecule has 1 amide bonds. The van der Waals surface area contributed by atoms with Crippen LogP contribution < -0.4 is 14.8 Å². The average molecular weight is 481 g/mol. The topological polar surface area (TPSA) is 84.5 Å². The fourth-order valence-corrected chi connectivity index (χ4v) is 4.61. The Bertz CT molecular complexity index is 1260. The number of sulfonamides is 1. The summed E-state index contributed by atoms with van der Waals surface area (Å²) < 4.78 is 33.8. The van der Waals surface area contributed by atoms with Crippen LogP contribution in [0, 0.1) is 13.8 Å². The van der Waals surface area contributed by atoms with Crippen LogP contribution in [-0.4, -0.2) is 27.5 Å². The molecule has 0 bridgehead atoms. The van der Waals surface area contributed by atoms with Gasteiger partial charge in [0.05, 0.1) is 17.1 Å². The number of nitrogens with one attached hydrogen (secondary N) is 2. The molecule has 6 nitrogen and oxygen atoms in total. The van der Waals surface area contributed by atoms with E-state index in [0.29, 0.717) is 30.0 Å². The fraction of sp³-hybridized carbons (Fsp3) is 0.296. The van der Waals surface area contributed by atoms with Gasteiger partial charge >= 0.3 is 0 Å². The highest BCUT2D eigenvalue weighted by Gasteiger charge is 2.19. The van der Waals surface area contributed by atoms with Crippen molar-refractivity contribution in [2.45, 2.75) is 44.9 Å². The van der Waals surface area contributed by atoms with Crippen molar-refractivity contribution in [2.24, 2.45) is 0 Å². The molecule has 34 heavy (non-hydrogen) atoms. The molecule has 3 rings (SSSR count). The monoisotopic (exact) mass is 480 g/mol. The van der Waals surface area contributed by atoms with Gasteiger partial charge in [0, 0.05) is 5.56 Å². The second-order valence-corrected chi connectivity index (χ2v) is 11.0. The third kappa shape index (κ3) is 6.38. The number of rotatable bonds is 8. The molecule has 0 radical (unpaired) electrons. The van der Waals surface area contributed by atoms with Crippen molar-refractivity contribution in [3.63, 3.8) is 0 Å². The molecule has 0 heterocycles. The summed E-state index contributed by atoms with van der Waals surface area (Å²) in [5.41, 5.74) is 3.58. The van der Waals surface area contributed by atoms with Crippen LogP contribution in [0.1, 0.15) is 47.8 Å². The number of carbonyl (C=O) groups is 1. The highest BCUT2D eigenvalue weighted by atomic mass is 32.2. The first-order valence-electron chi connectivity index (χ1n) is 11.2. The molecule has 0 aliphatic carbocycles. The fourth-order valence-electron chi connectivity index (χ4n) is 3.48. The Hall–Kier alpha value is -3.32. The first-order chi connectivity index (χ1) is 16.0. The average Bonchev–Trinajstić information content (AvgIpc) is 2.77. The molecule has 7 heteroatoms. The van der Waals surface area contributed by atoms with Gasteiger partial charge in [-0.05, 0) is 66.8 Å². The van der Waals surface area contributed by atoms with E-state index >= 15 is 0 Å². The molecule has 0 fully saturated rings. The second-order valence-electron chi connectivity index (χ2n) is 9.30. The van der Waals surface area contributed by atoms with Crippen molar-refractivity contribution in [1.82, 2.24) is 5.32 Å². The maximum atomic E-state index is 12.7. The number of hydrogen-bond donors (Lipinski definition) is 2. The standard InChI is InChI=1S/C27H32N2O4S/c1-19-10-13-22(14-11-19)34(31,32)29-24-15-12-21(18-20(24)2)26(30)28-16-17-33-25-9-7-6-8-23(25)27(3,4)5/h6-15,18,29H,16-17H2,1-5H3,(H,28,30). The summed E-state index contributed by atoms with van der Waals surface area (Å²) in [6.45, 7) is 10.7. The van der Waals surface area contributed by atoms with Gasteiger partial charge in [-0.3, -0.25) is 9.52 Å². The lowest BCUT2D eigenvalue weighted by molar-refractivity contribution is 0.0946. The van der Waals surface area contributed by atoms with E-state index in [-0.39, 0.29) is 16.2 Å².